The van der Waals surface area contributed by atoms with Crippen molar-refractivity contribution in [2.45, 2.75) is 39.3 Å². The van der Waals surface area contributed by atoms with Crippen LogP contribution in [-0.4, -0.2) is 21.2 Å². The number of hydrogen-bond acceptors (Lipinski definition) is 4. The summed E-state index contributed by atoms with van der Waals surface area (Å²) in [6.45, 7) is 5.04. The molecule has 21 heavy (non-hydrogen) atoms. The summed E-state index contributed by atoms with van der Waals surface area (Å²) in [5.74, 6) is 0. The number of hydrogen-bond donors (Lipinski definition) is 0. The van der Waals surface area contributed by atoms with Gasteiger partial charge in [0, 0.05) is 48.9 Å². The highest BCUT2D eigenvalue weighted by Gasteiger charge is 2.19. The maximum absolute atomic E-state index is 11.7. The van der Waals surface area contributed by atoms with Gasteiger partial charge in [0.25, 0.3) is 5.56 Å². The van der Waals surface area contributed by atoms with Crippen LogP contribution >= 0.6 is 11.3 Å². The Hall–Kier alpha value is -1.46. The summed E-state index contributed by atoms with van der Waals surface area (Å²) in [5, 5.41) is 4.36. The van der Waals surface area contributed by atoms with E-state index in [1.165, 1.54) is 27.3 Å². The van der Waals surface area contributed by atoms with Gasteiger partial charge < -0.3 is 0 Å². The van der Waals surface area contributed by atoms with E-state index in [0.29, 0.717) is 0 Å². The standard InChI is InChI=1S/C16H21N3OS/c1-3-4-13-5-6-14(21-13)11-19-8-7-15-12(10-19)9-16(20)18(2)17-15/h5-6,9H,3-4,7-8,10-11H2,1-2H3. The van der Waals surface area contributed by atoms with Gasteiger partial charge in [0.15, 0.2) is 0 Å². The average Bonchev–Trinajstić information content (AvgIpc) is 2.88. The average molecular weight is 303 g/mol. The molecule has 2 aromatic heterocycles. The van der Waals surface area contributed by atoms with Crippen LogP contribution in [0.1, 0.15) is 34.4 Å². The molecule has 0 saturated carbocycles. The van der Waals surface area contributed by atoms with Gasteiger partial charge in [-0.05, 0) is 24.1 Å². The topological polar surface area (TPSA) is 38.1 Å². The number of rotatable bonds is 4. The van der Waals surface area contributed by atoms with Crippen LogP contribution in [-0.2, 0) is 33.0 Å². The Kier molecular flexibility index (Phi) is 4.22. The third kappa shape index (κ3) is 3.24. The molecular weight excluding hydrogens is 282 g/mol. The molecule has 0 radical (unpaired) electrons. The van der Waals surface area contributed by atoms with Gasteiger partial charge in [-0.15, -0.1) is 11.3 Å². The predicted molar refractivity (Wildman–Crippen MR) is 85.6 cm³/mol. The first kappa shape index (κ1) is 14.5. The molecule has 0 bridgehead atoms. The highest BCUT2D eigenvalue weighted by atomic mass is 32.1. The van der Waals surface area contributed by atoms with Gasteiger partial charge in [0.2, 0.25) is 0 Å². The fourth-order valence-corrected chi connectivity index (χ4v) is 3.96. The first-order valence-corrected chi connectivity index (χ1v) is 8.33. The third-order valence-corrected chi connectivity index (χ3v) is 5.04. The molecule has 3 heterocycles. The number of fused-ring (bicyclic) bond motifs is 1. The summed E-state index contributed by atoms with van der Waals surface area (Å²) in [4.78, 5) is 17.0. The van der Waals surface area contributed by atoms with Gasteiger partial charge in [0.05, 0.1) is 5.69 Å². The molecule has 0 amide bonds. The Morgan fingerprint density at radius 1 is 1.33 bits per heavy atom. The van der Waals surface area contributed by atoms with Crippen LogP contribution in [0, 0.1) is 0 Å². The third-order valence-electron chi connectivity index (χ3n) is 3.91. The van der Waals surface area contributed by atoms with Crippen LogP contribution in [0.4, 0.5) is 0 Å². The van der Waals surface area contributed by atoms with Gasteiger partial charge >= 0.3 is 0 Å². The SMILES string of the molecule is CCCc1ccc(CN2CCc3nn(C)c(=O)cc3C2)s1. The van der Waals surface area contributed by atoms with Gasteiger partial charge in [-0.1, -0.05) is 13.3 Å². The van der Waals surface area contributed by atoms with Gasteiger partial charge in [-0.25, -0.2) is 4.68 Å². The number of thiophene rings is 1. The van der Waals surface area contributed by atoms with Crippen LogP contribution in [0.5, 0.6) is 0 Å². The Balaban J connectivity index is 1.70. The number of aromatic nitrogens is 2. The Morgan fingerprint density at radius 3 is 2.95 bits per heavy atom. The molecule has 2 aromatic rings. The van der Waals surface area contributed by atoms with Crippen LogP contribution in [0.2, 0.25) is 0 Å². The van der Waals surface area contributed by atoms with Gasteiger partial charge in [-0.2, -0.15) is 5.10 Å². The van der Waals surface area contributed by atoms with Gasteiger partial charge in [-0.3, -0.25) is 9.69 Å². The van der Waals surface area contributed by atoms with Crippen LogP contribution < -0.4 is 5.56 Å². The van der Waals surface area contributed by atoms with E-state index in [1.54, 1.807) is 13.1 Å². The molecule has 0 aliphatic carbocycles. The first-order valence-electron chi connectivity index (χ1n) is 7.51. The second-order valence-corrected chi connectivity index (χ2v) is 6.91. The second kappa shape index (κ2) is 6.12. The second-order valence-electron chi connectivity index (χ2n) is 5.66. The molecule has 0 atom stereocenters. The monoisotopic (exact) mass is 303 g/mol. The Morgan fingerprint density at radius 2 is 2.14 bits per heavy atom. The fourth-order valence-electron chi connectivity index (χ4n) is 2.80. The van der Waals surface area contributed by atoms with Crippen molar-refractivity contribution in [1.82, 2.24) is 14.7 Å². The Bertz CT molecular complexity index is 689. The van der Waals surface area contributed by atoms with E-state index in [0.717, 1.165) is 37.3 Å². The molecule has 1 aliphatic heterocycles. The molecule has 1 aliphatic rings. The van der Waals surface area contributed by atoms with E-state index in [9.17, 15) is 4.79 Å². The lowest BCUT2D eigenvalue weighted by Crippen LogP contribution is -2.33. The van der Waals surface area contributed by atoms with Crippen molar-refractivity contribution in [3.63, 3.8) is 0 Å². The molecule has 0 fully saturated rings. The summed E-state index contributed by atoms with van der Waals surface area (Å²) in [6, 6.07) is 6.23. The minimum atomic E-state index is -0.0167. The Labute approximate surface area is 129 Å². The minimum Gasteiger partial charge on any atom is -0.294 e. The van der Waals surface area contributed by atoms with Crippen LogP contribution in [0.25, 0.3) is 0 Å². The van der Waals surface area contributed by atoms with Crippen molar-refractivity contribution in [1.29, 1.82) is 0 Å². The van der Waals surface area contributed by atoms with Crippen molar-refractivity contribution < 1.29 is 0 Å². The normalized spacial score (nSPS) is 15.1. The zero-order valence-electron chi connectivity index (χ0n) is 12.6. The lowest BCUT2D eigenvalue weighted by atomic mass is 10.1. The highest BCUT2D eigenvalue weighted by molar-refractivity contribution is 7.11. The van der Waals surface area contributed by atoms with Crippen molar-refractivity contribution in [3.8, 4) is 0 Å². The number of nitrogens with zero attached hydrogens (tertiary/aromatic N) is 3. The summed E-state index contributed by atoms with van der Waals surface area (Å²) >= 11 is 1.91. The molecule has 112 valence electrons. The molecule has 5 heteroatoms. The van der Waals surface area contributed by atoms with Crippen molar-refractivity contribution >= 4 is 11.3 Å². The highest BCUT2D eigenvalue weighted by Crippen LogP contribution is 2.22. The van der Waals surface area contributed by atoms with E-state index in [2.05, 4.69) is 29.1 Å². The van der Waals surface area contributed by atoms with E-state index >= 15 is 0 Å². The van der Waals surface area contributed by atoms with E-state index in [-0.39, 0.29) is 5.56 Å². The molecule has 0 spiro atoms. The van der Waals surface area contributed by atoms with E-state index in [4.69, 9.17) is 0 Å². The number of aryl methyl sites for hydroxylation is 2. The molecular formula is C16H21N3OS. The molecule has 0 aromatic carbocycles. The first-order chi connectivity index (χ1) is 10.2. The smallest absolute Gasteiger partial charge is 0.266 e. The summed E-state index contributed by atoms with van der Waals surface area (Å²) < 4.78 is 1.44. The zero-order chi connectivity index (χ0) is 14.8. The summed E-state index contributed by atoms with van der Waals surface area (Å²) in [5.41, 5.74) is 2.15. The lowest BCUT2D eigenvalue weighted by Gasteiger charge is -2.27. The quantitative estimate of drug-likeness (QED) is 0.870. The molecule has 3 rings (SSSR count). The lowest BCUT2D eigenvalue weighted by molar-refractivity contribution is 0.243. The zero-order valence-corrected chi connectivity index (χ0v) is 13.4. The molecule has 0 N–H and O–H groups in total. The maximum atomic E-state index is 11.7. The van der Waals surface area contributed by atoms with E-state index in [1.807, 2.05) is 11.3 Å². The maximum Gasteiger partial charge on any atom is 0.266 e. The van der Waals surface area contributed by atoms with Gasteiger partial charge in [0.1, 0.15) is 0 Å². The molecule has 0 unspecified atom stereocenters. The van der Waals surface area contributed by atoms with Crippen molar-refractivity contribution in [2.24, 2.45) is 7.05 Å². The fraction of sp³-hybridized carbons (Fsp3) is 0.500. The van der Waals surface area contributed by atoms with E-state index < -0.39 is 0 Å². The van der Waals surface area contributed by atoms with Crippen LogP contribution in [0.15, 0.2) is 23.0 Å². The minimum absolute atomic E-state index is 0.0167. The largest absolute Gasteiger partial charge is 0.294 e. The van der Waals surface area contributed by atoms with Crippen LogP contribution in [0.3, 0.4) is 0 Å². The summed E-state index contributed by atoms with van der Waals surface area (Å²) in [7, 11) is 1.72. The predicted octanol–water partition coefficient (Wildman–Crippen LogP) is 2.35. The summed E-state index contributed by atoms with van der Waals surface area (Å²) in [6.07, 6.45) is 3.30. The molecule has 0 saturated heterocycles. The van der Waals surface area contributed by atoms with Crippen molar-refractivity contribution in [3.05, 3.63) is 49.6 Å². The van der Waals surface area contributed by atoms with Crippen molar-refractivity contribution in [2.75, 3.05) is 6.54 Å². The molecule has 4 nitrogen and oxygen atoms in total.